The number of halogens is 1. The Balaban J connectivity index is 1.95. The monoisotopic (exact) mass is 326 g/mol. The molecule has 1 aliphatic heterocycles. The highest BCUT2D eigenvalue weighted by molar-refractivity contribution is 6.32. The average Bonchev–Trinajstić information content (AvgIpc) is 2.44. The lowest BCUT2D eigenvalue weighted by Crippen LogP contribution is -2.44. The number of carbonyl (C=O) groups excluding carboxylic acids is 1. The van der Waals surface area contributed by atoms with Crippen LogP contribution in [0.5, 0.6) is 5.75 Å². The maximum Gasteiger partial charge on any atom is 0.271 e. The highest BCUT2D eigenvalue weighted by Gasteiger charge is 2.25. The van der Waals surface area contributed by atoms with Crippen LogP contribution in [0.2, 0.25) is 5.02 Å². The molecule has 7 heteroatoms. The fourth-order valence-corrected chi connectivity index (χ4v) is 3.05. The fourth-order valence-electron chi connectivity index (χ4n) is 2.82. The first-order valence-corrected chi connectivity index (χ1v) is 7.59. The molecule has 6 nitrogen and oxygen atoms in total. The number of benzene rings is 1. The number of nitro benzene ring substituents is 1. The van der Waals surface area contributed by atoms with Gasteiger partial charge >= 0.3 is 0 Å². The third-order valence-electron chi connectivity index (χ3n) is 3.70. The number of piperidine rings is 1. The van der Waals surface area contributed by atoms with E-state index < -0.39 is 4.92 Å². The Morgan fingerprint density at radius 1 is 1.41 bits per heavy atom. The molecule has 0 saturated carbocycles. The van der Waals surface area contributed by atoms with E-state index in [1.165, 1.54) is 18.2 Å². The van der Waals surface area contributed by atoms with Crippen LogP contribution < -0.4 is 4.74 Å². The second-order valence-corrected chi connectivity index (χ2v) is 6.31. The average molecular weight is 327 g/mol. The van der Waals surface area contributed by atoms with Crippen LogP contribution in [0, 0.1) is 22.0 Å². The fraction of sp³-hybridized carbons (Fsp3) is 0.533. The molecule has 0 radical (unpaired) electrons. The number of likely N-dealkylation sites (tertiary alicyclic amines) is 1. The molecule has 1 saturated heterocycles. The molecule has 22 heavy (non-hydrogen) atoms. The van der Waals surface area contributed by atoms with Crippen molar-refractivity contribution in [2.24, 2.45) is 11.8 Å². The number of nitro groups is 1. The van der Waals surface area contributed by atoms with Gasteiger partial charge in [-0.25, -0.2) is 0 Å². The molecule has 1 aliphatic rings. The first-order valence-electron chi connectivity index (χ1n) is 7.21. The van der Waals surface area contributed by atoms with Crippen molar-refractivity contribution in [2.75, 3.05) is 19.7 Å². The number of amides is 1. The molecular weight excluding hydrogens is 308 g/mol. The summed E-state index contributed by atoms with van der Waals surface area (Å²) in [6.07, 6.45) is 1.12. The first kappa shape index (κ1) is 16.5. The maximum atomic E-state index is 12.2. The van der Waals surface area contributed by atoms with Crippen molar-refractivity contribution >= 4 is 23.2 Å². The molecule has 1 fully saturated rings. The number of non-ortho nitro benzene ring substituents is 1. The van der Waals surface area contributed by atoms with Gasteiger partial charge in [-0.05, 0) is 24.3 Å². The minimum absolute atomic E-state index is 0.0900. The van der Waals surface area contributed by atoms with Crippen LogP contribution in [-0.2, 0) is 4.79 Å². The quantitative estimate of drug-likeness (QED) is 0.629. The zero-order valence-electron chi connectivity index (χ0n) is 12.6. The molecule has 1 aromatic rings. The molecule has 2 rings (SSSR count). The van der Waals surface area contributed by atoms with Gasteiger partial charge in [-0.1, -0.05) is 25.4 Å². The summed E-state index contributed by atoms with van der Waals surface area (Å²) in [6.45, 7) is 5.62. The summed E-state index contributed by atoms with van der Waals surface area (Å²) in [5.41, 5.74) is -0.109. The molecule has 0 aromatic heterocycles. The summed E-state index contributed by atoms with van der Waals surface area (Å²) in [6, 6.07) is 3.93. The van der Waals surface area contributed by atoms with E-state index in [0.29, 0.717) is 11.8 Å². The van der Waals surface area contributed by atoms with Crippen LogP contribution in [0.3, 0.4) is 0 Å². The summed E-state index contributed by atoms with van der Waals surface area (Å²) >= 11 is 5.93. The highest BCUT2D eigenvalue weighted by Crippen LogP contribution is 2.29. The Kier molecular flexibility index (Phi) is 5.24. The van der Waals surface area contributed by atoms with Crippen LogP contribution in [0.1, 0.15) is 20.3 Å². The predicted molar refractivity (Wildman–Crippen MR) is 83.1 cm³/mol. The highest BCUT2D eigenvalue weighted by atomic mass is 35.5. The topological polar surface area (TPSA) is 72.7 Å². The molecule has 1 aromatic carbocycles. The smallest absolute Gasteiger partial charge is 0.271 e. The first-order chi connectivity index (χ1) is 10.4. The number of hydrogen-bond acceptors (Lipinski definition) is 4. The van der Waals surface area contributed by atoms with Gasteiger partial charge in [0.15, 0.2) is 6.61 Å². The molecular formula is C15H19ClN2O4. The van der Waals surface area contributed by atoms with Gasteiger partial charge in [0.05, 0.1) is 9.95 Å². The van der Waals surface area contributed by atoms with Gasteiger partial charge in [0, 0.05) is 25.2 Å². The van der Waals surface area contributed by atoms with Gasteiger partial charge in [0.1, 0.15) is 5.75 Å². The summed E-state index contributed by atoms with van der Waals surface area (Å²) in [5.74, 6) is 1.15. The van der Waals surface area contributed by atoms with Crippen molar-refractivity contribution in [1.29, 1.82) is 0 Å². The van der Waals surface area contributed by atoms with Crippen LogP contribution in [0.15, 0.2) is 18.2 Å². The zero-order valence-corrected chi connectivity index (χ0v) is 13.4. The van der Waals surface area contributed by atoms with Crippen molar-refractivity contribution in [1.82, 2.24) is 4.90 Å². The Hall–Kier alpha value is -1.82. The molecule has 1 amide bonds. The van der Waals surface area contributed by atoms with E-state index in [1.807, 2.05) is 0 Å². The van der Waals surface area contributed by atoms with Crippen molar-refractivity contribution in [3.8, 4) is 5.75 Å². The lowest BCUT2D eigenvalue weighted by molar-refractivity contribution is -0.384. The van der Waals surface area contributed by atoms with E-state index >= 15 is 0 Å². The normalized spacial score (nSPS) is 21.5. The zero-order chi connectivity index (χ0) is 16.3. The SMILES string of the molecule is C[C@@H]1C[C@@H](C)CN(C(=O)COc2ccc([N+](=O)[O-])cc2Cl)C1. The summed E-state index contributed by atoms with van der Waals surface area (Å²) < 4.78 is 5.41. The van der Waals surface area contributed by atoms with Gasteiger partial charge in [-0.2, -0.15) is 0 Å². The number of hydrogen-bond donors (Lipinski definition) is 0. The number of nitrogens with zero attached hydrogens (tertiary/aromatic N) is 2. The summed E-state index contributed by atoms with van der Waals surface area (Å²) in [7, 11) is 0. The molecule has 0 aliphatic carbocycles. The molecule has 0 unspecified atom stereocenters. The van der Waals surface area contributed by atoms with E-state index in [2.05, 4.69) is 13.8 Å². The number of carbonyl (C=O) groups is 1. The van der Waals surface area contributed by atoms with Crippen molar-refractivity contribution in [2.45, 2.75) is 20.3 Å². The Morgan fingerprint density at radius 3 is 2.59 bits per heavy atom. The van der Waals surface area contributed by atoms with Crippen LogP contribution in [0.25, 0.3) is 0 Å². The number of ether oxygens (including phenoxy) is 1. The van der Waals surface area contributed by atoms with E-state index in [-0.39, 0.29) is 29.0 Å². The predicted octanol–water partition coefficient (Wildman–Crippen LogP) is 3.13. The molecule has 0 spiro atoms. The minimum Gasteiger partial charge on any atom is -0.482 e. The van der Waals surface area contributed by atoms with E-state index in [4.69, 9.17) is 16.3 Å². The van der Waals surface area contributed by atoms with E-state index in [9.17, 15) is 14.9 Å². The Labute approximate surface area is 134 Å². The van der Waals surface area contributed by atoms with Crippen LogP contribution >= 0.6 is 11.6 Å². The third kappa shape index (κ3) is 4.10. The summed E-state index contributed by atoms with van der Waals surface area (Å²) in [4.78, 5) is 24.1. The number of rotatable bonds is 4. The molecule has 2 atom stereocenters. The Bertz CT molecular complexity index is 569. The van der Waals surface area contributed by atoms with E-state index in [0.717, 1.165) is 19.5 Å². The molecule has 0 N–H and O–H groups in total. The van der Waals surface area contributed by atoms with Crippen molar-refractivity contribution < 1.29 is 14.5 Å². The lowest BCUT2D eigenvalue weighted by Gasteiger charge is -2.34. The van der Waals surface area contributed by atoms with Gasteiger partial charge < -0.3 is 9.64 Å². The van der Waals surface area contributed by atoms with Gasteiger partial charge in [0.2, 0.25) is 0 Å². The second kappa shape index (κ2) is 6.96. The Morgan fingerprint density at radius 2 is 2.05 bits per heavy atom. The lowest BCUT2D eigenvalue weighted by atomic mass is 9.92. The van der Waals surface area contributed by atoms with Crippen molar-refractivity contribution in [3.63, 3.8) is 0 Å². The van der Waals surface area contributed by atoms with Crippen LogP contribution in [0.4, 0.5) is 5.69 Å². The summed E-state index contributed by atoms with van der Waals surface area (Å²) in [5, 5.41) is 10.8. The molecule has 1 heterocycles. The van der Waals surface area contributed by atoms with Crippen LogP contribution in [-0.4, -0.2) is 35.4 Å². The maximum absolute atomic E-state index is 12.2. The minimum atomic E-state index is -0.530. The van der Waals surface area contributed by atoms with Gasteiger partial charge in [-0.15, -0.1) is 0 Å². The van der Waals surface area contributed by atoms with Gasteiger partial charge in [-0.3, -0.25) is 14.9 Å². The second-order valence-electron chi connectivity index (χ2n) is 5.91. The molecule has 120 valence electrons. The largest absolute Gasteiger partial charge is 0.482 e. The standard InChI is InChI=1S/C15H19ClN2O4/c1-10-5-11(2)8-17(7-10)15(19)9-22-14-4-3-12(18(20)21)6-13(14)16/h3-4,6,10-11H,5,7-9H2,1-2H3/t10-,11-/m1/s1. The third-order valence-corrected chi connectivity index (χ3v) is 3.99. The van der Waals surface area contributed by atoms with Gasteiger partial charge in [0.25, 0.3) is 11.6 Å². The van der Waals surface area contributed by atoms with E-state index in [1.54, 1.807) is 4.90 Å². The van der Waals surface area contributed by atoms with Crippen molar-refractivity contribution in [3.05, 3.63) is 33.3 Å². The molecule has 0 bridgehead atoms.